The van der Waals surface area contributed by atoms with Crippen molar-refractivity contribution >= 4 is 17.3 Å². The van der Waals surface area contributed by atoms with Crippen LogP contribution in [-0.4, -0.2) is 38.8 Å². The van der Waals surface area contributed by atoms with Crippen molar-refractivity contribution in [2.24, 2.45) is 0 Å². The maximum Gasteiger partial charge on any atom is 0.228 e. The molecule has 8 rings (SSSR count). The molecule has 5 aromatic rings. The number of fused-ring (bicyclic) bond motifs is 3. The van der Waals surface area contributed by atoms with Crippen LogP contribution in [0.15, 0.2) is 114 Å². The van der Waals surface area contributed by atoms with Gasteiger partial charge in [0.2, 0.25) is 5.78 Å². The summed E-state index contributed by atoms with van der Waals surface area (Å²) in [6, 6.07) is 33.0. The molecule has 52 heavy (non-hydrogen) atoms. The Balaban J connectivity index is 1.20. The number of rotatable bonds is 10. The zero-order chi connectivity index (χ0) is 35.9. The highest BCUT2D eigenvalue weighted by molar-refractivity contribution is 6.08. The molecular weight excluding hydrogens is 649 g/mol. The van der Waals surface area contributed by atoms with Crippen LogP contribution in [0.4, 0.5) is 0 Å². The SMILES string of the molecule is O=C(c1ccc2c(c1)C(Cc1ccc(C(=O)C3(O)CCCCC3)cc1)(Cc1ccc(C(=O)C3(O)CCCCC3)cc1)c1ccccc1-2)c1ccco1. The van der Waals surface area contributed by atoms with Gasteiger partial charge in [-0.15, -0.1) is 0 Å². The Morgan fingerprint density at radius 2 is 1.04 bits per heavy atom. The molecule has 0 radical (unpaired) electrons. The Labute approximate surface area is 304 Å². The van der Waals surface area contributed by atoms with Crippen LogP contribution in [0.3, 0.4) is 0 Å². The lowest BCUT2D eigenvalue weighted by molar-refractivity contribution is 0.0116. The first-order chi connectivity index (χ1) is 25.2. The van der Waals surface area contributed by atoms with Gasteiger partial charge in [0.25, 0.3) is 0 Å². The summed E-state index contributed by atoms with van der Waals surface area (Å²) in [5.41, 5.74) is 4.72. The van der Waals surface area contributed by atoms with E-state index in [-0.39, 0.29) is 23.1 Å². The van der Waals surface area contributed by atoms with Crippen LogP contribution < -0.4 is 0 Å². The molecule has 264 valence electrons. The quantitative estimate of drug-likeness (QED) is 0.142. The van der Waals surface area contributed by atoms with E-state index in [1.165, 1.54) is 6.26 Å². The first-order valence-corrected chi connectivity index (χ1v) is 18.7. The third-order valence-corrected chi connectivity index (χ3v) is 11.9. The highest BCUT2D eigenvalue weighted by Crippen LogP contribution is 2.53. The maximum absolute atomic E-state index is 13.6. The Kier molecular flexibility index (Phi) is 8.92. The molecule has 1 aromatic heterocycles. The summed E-state index contributed by atoms with van der Waals surface area (Å²) in [6.45, 7) is 0. The fourth-order valence-electron chi connectivity index (χ4n) is 9.10. The van der Waals surface area contributed by atoms with Crippen LogP contribution in [0.2, 0.25) is 0 Å². The molecule has 0 atom stereocenters. The Hall–Kier alpha value is -4.91. The van der Waals surface area contributed by atoms with Crippen molar-refractivity contribution < 1.29 is 29.0 Å². The van der Waals surface area contributed by atoms with Crippen molar-refractivity contribution in [2.45, 2.75) is 93.7 Å². The minimum atomic E-state index is -1.30. The van der Waals surface area contributed by atoms with Crippen LogP contribution in [0, 0.1) is 0 Å². The second kappa shape index (κ2) is 13.6. The minimum Gasteiger partial charge on any atom is -0.461 e. The van der Waals surface area contributed by atoms with Crippen molar-refractivity contribution in [2.75, 3.05) is 0 Å². The number of Topliss-reactive ketones (excluding diaryl/α,β-unsaturated/α-hetero) is 2. The van der Waals surface area contributed by atoms with Crippen molar-refractivity contribution in [3.05, 3.63) is 154 Å². The Bertz CT molecular complexity index is 2030. The topological polar surface area (TPSA) is 105 Å². The zero-order valence-electron chi connectivity index (χ0n) is 29.4. The van der Waals surface area contributed by atoms with Gasteiger partial charge in [0, 0.05) is 22.1 Å². The van der Waals surface area contributed by atoms with Crippen molar-refractivity contribution in [3.8, 4) is 11.1 Å². The first-order valence-electron chi connectivity index (χ1n) is 18.7. The van der Waals surface area contributed by atoms with Gasteiger partial charge in [0.05, 0.1) is 6.26 Å². The van der Waals surface area contributed by atoms with Gasteiger partial charge in [-0.05, 0) is 90.1 Å². The molecule has 4 aromatic carbocycles. The monoisotopic (exact) mass is 692 g/mol. The molecule has 0 saturated heterocycles. The fraction of sp³-hybridized carbons (Fsp3) is 0.326. The van der Waals surface area contributed by atoms with E-state index in [9.17, 15) is 24.6 Å². The second-order valence-electron chi connectivity index (χ2n) is 15.3. The summed E-state index contributed by atoms with van der Waals surface area (Å²) in [6.07, 6.45) is 10.1. The molecule has 2 fully saturated rings. The van der Waals surface area contributed by atoms with E-state index >= 15 is 0 Å². The summed E-state index contributed by atoms with van der Waals surface area (Å²) < 4.78 is 5.50. The molecule has 2 N–H and O–H groups in total. The van der Waals surface area contributed by atoms with Crippen molar-refractivity contribution in [3.63, 3.8) is 0 Å². The van der Waals surface area contributed by atoms with Gasteiger partial charge >= 0.3 is 0 Å². The second-order valence-corrected chi connectivity index (χ2v) is 15.3. The van der Waals surface area contributed by atoms with E-state index in [0.717, 1.165) is 71.9 Å². The van der Waals surface area contributed by atoms with Gasteiger partial charge in [-0.2, -0.15) is 0 Å². The first kappa shape index (κ1) is 34.2. The van der Waals surface area contributed by atoms with Gasteiger partial charge in [0.1, 0.15) is 11.2 Å². The normalized spacial score (nSPS) is 18.3. The molecule has 6 heteroatoms. The van der Waals surface area contributed by atoms with Crippen LogP contribution >= 0.6 is 0 Å². The number of carbonyl (C=O) groups is 3. The summed E-state index contributed by atoms with van der Waals surface area (Å²) in [5.74, 6) is -0.331. The number of hydrogen-bond donors (Lipinski definition) is 2. The number of aliphatic hydroxyl groups is 2. The van der Waals surface area contributed by atoms with Crippen LogP contribution in [0.5, 0.6) is 0 Å². The molecule has 0 amide bonds. The van der Waals surface area contributed by atoms with Crippen LogP contribution in [0.25, 0.3) is 11.1 Å². The van der Waals surface area contributed by atoms with Gasteiger partial charge in [-0.3, -0.25) is 14.4 Å². The molecular formula is C46H44O6. The highest BCUT2D eigenvalue weighted by Gasteiger charge is 2.44. The van der Waals surface area contributed by atoms with E-state index in [4.69, 9.17) is 4.42 Å². The molecule has 1 heterocycles. The third-order valence-electron chi connectivity index (χ3n) is 11.9. The molecule has 3 aliphatic rings. The summed E-state index contributed by atoms with van der Waals surface area (Å²) >= 11 is 0. The molecule has 0 bridgehead atoms. The maximum atomic E-state index is 13.6. The lowest BCUT2D eigenvalue weighted by Crippen LogP contribution is -2.40. The summed E-state index contributed by atoms with van der Waals surface area (Å²) in [5, 5.41) is 22.4. The molecule has 0 unspecified atom stereocenters. The highest BCUT2D eigenvalue weighted by atomic mass is 16.3. The van der Waals surface area contributed by atoms with Gasteiger partial charge in [0.15, 0.2) is 17.3 Å². The predicted molar refractivity (Wildman–Crippen MR) is 200 cm³/mol. The Morgan fingerprint density at radius 3 is 1.56 bits per heavy atom. The van der Waals surface area contributed by atoms with E-state index < -0.39 is 16.6 Å². The van der Waals surface area contributed by atoms with Crippen molar-refractivity contribution in [1.82, 2.24) is 0 Å². The summed E-state index contributed by atoms with van der Waals surface area (Å²) in [4.78, 5) is 40.6. The van der Waals surface area contributed by atoms with Crippen molar-refractivity contribution in [1.29, 1.82) is 0 Å². The number of hydrogen-bond acceptors (Lipinski definition) is 6. The molecule has 0 aliphatic heterocycles. The average Bonchev–Trinajstić information content (AvgIpc) is 3.81. The van der Waals surface area contributed by atoms with Crippen LogP contribution in [0.1, 0.15) is 123 Å². The smallest absolute Gasteiger partial charge is 0.228 e. The molecule has 0 spiro atoms. The number of benzene rings is 4. The lowest BCUT2D eigenvalue weighted by atomic mass is 9.69. The minimum absolute atomic E-state index is 0.190. The zero-order valence-corrected chi connectivity index (χ0v) is 29.4. The number of ketones is 3. The van der Waals surface area contributed by atoms with Crippen LogP contribution in [-0.2, 0) is 18.3 Å². The van der Waals surface area contributed by atoms with E-state index in [1.54, 1.807) is 12.1 Å². The molecule has 2 saturated carbocycles. The van der Waals surface area contributed by atoms with Gasteiger partial charge in [-0.25, -0.2) is 0 Å². The van der Waals surface area contributed by atoms with Gasteiger partial charge < -0.3 is 14.6 Å². The summed E-state index contributed by atoms with van der Waals surface area (Å²) in [7, 11) is 0. The van der Waals surface area contributed by atoms with E-state index in [2.05, 4.69) is 12.1 Å². The third kappa shape index (κ3) is 6.08. The van der Waals surface area contributed by atoms with E-state index in [1.807, 2.05) is 78.9 Å². The molecule has 6 nitrogen and oxygen atoms in total. The average molecular weight is 693 g/mol. The fourth-order valence-corrected chi connectivity index (χ4v) is 9.10. The predicted octanol–water partition coefficient (Wildman–Crippen LogP) is 9.02. The molecule has 3 aliphatic carbocycles. The van der Waals surface area contributed by atoms with E-state index in [0.29, 0.717) is 55.2 Å². The largest absolute Gasteiger partial charge is 0.461 e. The number of furan rings is 1. The Morgan fingerprint density at radius 1 is 0.538 bits per heavy atom. The lowest BCUT2D eigenvalue weighted by Gasteiger charge is -2.34. The van der Waals surface area contributed by atoms with Gasteiger partial charge in [-0.1, -0.05) is 123 Å². The standard InChI is InChI=1S/C46H44O6/c47-41(40-12-9-27-52-40)35-21-22-37-36-10-3-4-11-38(36)44(39(37)28-35,29-31-13-17-33(18-14-31)42(48)45(50)23-5-1-6-24-45)30-32-15-19-34(20-16-32)43(49)46(51)25-7-2-8-26-46/h3-4,9-22,27-28,50-51H,1-2,5-8,23-26,29-30H2. The number of carbonyl (C=O) groups excluding carboxylic acids is 3.